The lowest BCUT2D eigenvalue weighted by atomic mass is 9.94. The fourth-order valence-electron chi connectivity index (χ4n) is 3.10. The Kier molecular flexibility index (Phi) is 4.35. The molecule has 120 valence electrons. The van der Waals surface area contributed by atoms with Crippen LogP contribution in [-0.4, -0.2) is 25.1 Å². The molecule has 0 saturated carbocycles. The molecule has 0 radical (unpaired) electrons. The fraction of sp³-hybridized carbons (Fsp3) is 0.316. The Bertz CT molecular complexity index is 740. The standard InChI is InChI=1S/C19H22N2O2/c1-3-21-19(22)16-7-5-4-6-15(16)17-9-12(2)8-13-10-14(11-20)23-18(13)17/h4-9,14H,3,10-11,20H2,1-2H3,(H,21,22)/t14-/m1/s1. The lowest BCUT2D eigenvalue weighted by molar-refractivity contribution is 0.0956. The van der Waals surface area contributed by atoms with Gasteiger partial charge in [0, 0.05) is 30.6 Å². The Balaban J connectivity index is 2.13. The fourth-order valence-corrected chi connectivity index (χ4v) is 3.10. The summed E-state index contributed by atoms with van der Waals surface area (Å²) in [6, 6.07) is 11.9. The molecule has 0 aliphatic carbocycles. The van der Waals surface area contributed by atoms with Crippen LogP contribution >= 0.6 is 0 Å². The highest BCUT2D eigenvalue weighted by molar-refractivity contribution is 6.01. The van der Waals surface area contributed by atoms with Crippen LogP contribution in [0.5, 0.6) is 5.75 Å². The first-order chi connectivity index (χ1) is 11.1. The van der Waals surface area contributed by atoms with Gasteiger partial charge in [-0.1, -0.05) is 24.3 Å². The maximum Gasteiger partial charge on any atom is 0.251 e. The summed E-state index contributed by atoms with van der Waals surface area (Å²) >= 11 is 0. The Morgan fingerprint density at radius 1 is 1.30 bits per heavy atom. The van der Waals surface area contributed by atoms with E-state index in [9.17, 15) is 4.79 Å². The van der Waals surface area contributed by atoms with Gasteiger partial charge in [-0.2, -0.15) is 0 Å². The van der Waals surface area contributed by atoms with Crippen molar-refractivity contribution in [3.8, 4) is 16.9 Å². The Hall–Kier alpha value is -2.33. The van der Waals surface area contributed by atoms with E-state index >= 15 is 0 Å². The quantitative estimate of drug-likeness (QED) is 0.912. The average Bonchev–Trinajstić information content (AvgIpc) is 2.97. The molecule has 0 bridgehead atoms. The molecule has 1 aliphatic heterocycles. The van der Waals surface area contributed by atoms with Gasteiger partial charge in [-0.15, -0.1) is 0 Å². The lowest BCUT2D eigenvalue weighted by Crippen LogP contribution is -2.24. The molecule has 4 nitrogen and oxygen atoms in total. The van der Waals surface area contributed by atoms with Gasteiger partial charge in [0.1, 0.15) is 11.9 Å². The number of fused-ring (bicyclic) bond motifs is 1. The number of amides is 1. The zero-order chi connectivity index (χ0) is 16.4. The van der Waals surface area contributed by atoms with E-state index in [-0.39, 0.29) is 12.0 Å². The van der Waals surface area contributed by atoms with Crippen molar-refractivity contribution in [2.45, 2.75) is 26.4 Å². The third-order valence-electron chi connectivity index (χ3n) is 4.10. The maximum atomic E-state index is 12.4. The third kappa shape index (κ3) is 2.94. The zero-order valence-electron chi connectivity index (χ0n) is 13.6. The van der Waals surface area contributed by atoms with Gasteiger partial charge >= 0.3 is 0 Å². The number of ether oxygens (including phenoxy) is 1. The number of rotatable bonds is 4. The molecule has 3 rings (SSSR count). The van der Waals surface area contributed by atoms with Gasteiger partial charge in [-0.25, -0.2) is 0 Å². The molecule has 2 aromatic carbocycles. The normalized spacial score (nSPS) is 15.9. The predicted octanol–water partition coefficient (Wildman–Crippen LogP) is 2.67. The molecule has 4 heteroatoms. The van der Waals surface area contributed by atoms with Gasteiger partial charge < -0.3 is 15.8 Å². The van der Waals surface area contributed by atoms with E-state index < -0.39 is 0 Å². The first-order valence-corrected chi connectivity index (χ1v) is 8.01. The monoisotopic (exact) mass is 310 g/mol. The highest BCUT2D eigenvalue weighted by Crippen LogP contribution is 2.40. The minimum atomic E-state index is -0.0632. The molecule has 2 aromatic rings. The van der Waals surface area contributed by atoms with Crippen molar-refractivity contribution in [3.63, 3.8) is 0 Å². The van der Waals surface area contributed by atoms with Crippen LogP contribution < -0.4 is 15.8 Å². The van der Waals surface area contributed by atoms with Gasteiger partial charge in [0.25, 0.3) is 5.91 Å². The van der Waals surface area contributed by atoms with E-state index in [2.05, 4.69) is 24.4 Å². The first kappa shape index (κ1) is 15.6. The first-order valence-electron chi connectivity index (χ1n) is 8.01. The van der Waals surface area contributed by atoms with Crippen LogP contribution in [0.25, 0.3) is 11.1 Å². The molecule has 0 fully saturated rings. The summed E-state index contributed by atoms with van der Waals surface area (Å²) in [7, 11) is 0. The average molecular weight is 310 g/mol. The van der Waals surface area contributed by atoms with Gasteiger partial charge in [0.15, 0.2) is 0 Å². The number of carbonyl (C=O) groups excluding carboxylic acids is 1. The number of aryl methyl sites for hydroxylation is 1. The minimum Gasteiger partial charge on any atom is -0.488 e. The third-order valence-corrected chi connectivity index (χ3v) is 4.10. The summed E-state index contributed by atoms with van der Waals surface area (Å²) < 4.78 is 6.03. The highest BCUT2D eigenvalue weighted by atomic mass is 16.5. The van der Waals surface area contributed by atoms with Crippen LogP contribution in [0.15, 0.2) is 36.4 Å². The van der Waals surface area contributed by atoms with Gasteiger partial charge in [-0.05, 0) is 42.7 Å². The maximum absolute atomic E-state index is 12.4. The van der Waals surface area contributed by atoms with Crippen molar-refractivity contribution in [1.29, 1.82) is 0 Å². The van der Waals surface area contributed by atoms with Gasteiger partial charge in [0.2, 0.25) is 0 Å². The molecular formula is C19H22N2O2. The molecule has 0 spiro atoms. The summed E-state index contributed by atoms with van der Waals surface area (Å²) in [5.41, 5.74) is 10.6. The van der Waals surface area contributed by atoms with Crippen LogP contribution in [0.4, 0.5) is 0 Å². The minimum absolute atomic E-state index is 0.0159. The van der Waals surface area contributed by atoms with Crippen molar-refractivity contribution in [1.82, 2.24) is 5.32 Å². The lowest BCUT2D eigenvalue weighted by Gasteiger charge is -2.15. The second-order valence-corrected chi connectivity index (χ2v) is 5.89. The predicted molar refractivity (Wildman–Crippen MR) is 91.8 cm³/mol. The molecular weight excluding hydrogens is 288 g/mol. The SMILES string of the molecule is CCNC(=O)c1ccccc1-c1cc(C)cc2c1O[C@@H](CN)C2. The Morgan fingerprint density at radius 2 is 2.09 bits per heavy atom. The molecule has 3 N–H and O–H groups in total. The Morgan fingerprint density at radius 3 is 2.83 bits per heavy atom. The van der Waals surface area contributed by atoms with Crippen molar-refractivity contribution >= 4 is 5.91 Å². The van der Waals surface area contributed by atoms with E-state index in [1.165, 1.54) is 5.56 Å². The van der Waals surface area contributed by atoms with E-state index in [0.717, 1.165) is 28.9 Å². The second-order valence-electron chi connectivity index (χ2n) is 5.89. The Labute approximate surface area is 136 Å². The second kappa shape index (κ2) is 6.42. The molecule has 0 aromatic heterocycles. The number of nitrogens with one attached hydrogen (secondary N) is 1. The number of hydrogen-bond acceptors (Lipinski definition) is 3. The number of nitrogens with two attached hydrogens (primary N) is 1. The van der Waals surface area contributed by atoms with E-state index in [1.54, 1.807) is 0 Å². The van der Waals surface area contributed by atoms with Crippen molar-refractivity contribution < 1.29 is 9.53 Å². The van der Waals surface area contributed by atoms with Crippen molar-refractivity contribution in [2.75, 3.05) is 13.1 Å². The molecule has 1 heterocycles. The van der Waals surface area contributed by atoms with Crippen LogP contribution in [0.2, 0.25) is 0 Å². The summed E-state index contributed by atoms with van der Waals surface area (Å²) in [6.45, 7) is 5.07. The van der Waals surface area contributed by atoms with E-state index in [1.807, 2.05) is 31.2 Å². The zero-order valence-corrected chi connectivity index (χ0v) is 13.6. The molecule has 1 amide bonds. The van der Waals surface area contributed by atoms with Crippen molar-refractivity contribution in [2.24, 2.45) is 5.73 Å². The molecule has 0 saturated heterocycles. The smallest absolute Gasteiger partial charge is 0.251 e. The molecule has 0 unspecified atom stereocenters. The van der Waals surface area contributed by atoms with E-state index in [4.69, 9.17) is 10.5 Å². The van der Waals surface area contributed by atoms with Crippen LogP contribution in [0, 0.1) is 6.92 Å². The number of benzene rings is 2. The van der Waals surface area contributed by atoms with Crippen LogP contribution in [-0.2, 0) is 6.42 Å². The van der Waals surface area contributed by atoms with E-state index in [0.29, 0.717) is 18.7 Å². The number of hydrogen-bond donors (Lipinski definition) is 2. The van der Waals surface area contributed by atoms with Gasteiger partial charge in [-0.3, -0.25) is 4.79 Å². The molecule has 1 aliphatic rings. The number of carbonyl (C=O) groups is 1. The topological polar surface area (TPSA) is 64.3 Å². The summed E-state index contributed by atoms with van der Waals surface area (Å²) in [5.74, 6) is 0.800. The summed E-state index contributed by atoms with van der Waals surface area (Å²) in [5, 5.41) is 2.87. The summed E-state index contributed by atoms with van der Waals surface area (Å²) in [4.78, 5) is 12.4. The highest BCUT2D eigenvalue weighted by Gasteiger charge is 2.26. The van der Waals surface area contributed by atoms with Crippen LogP contribution in [0.3, 0.4) is 0 Å². The summed E-state index contributed by atoms with van der Waals surface area (Å²) in [6.07, 6.45) is 0.839. The van der Waals surface area contributed by atoms with Crippen molar-refractivity contribution in [3.05, 3.63) is 53.1 Å². The molecule has 1 atom stereocenters. The van der Waals surface area contributed by atoms with Crippen LogP contribution in [0.1, 0.15) is 28.4 Å². The molecule has 23 heavy (non-hydrogen) atoms. The van der Waals surface area contributed by atoms with Gasteiger partial charge in [0.05, 0.1) is 0 Å². The largest absolute Gasteiger partial charge is 0.488 e.